The molecular formula is C22H22ClFN2O3S. The number of morpholine rings is 1. The van der Waals surface area contributed by atoms with E-state index in [1.807, 2.05) is 24.3 Å². The SMILES string of the molecule is O=C(NCc1cccc(OCCN2CCOCC2)c1)c1sc2cc(F)ccc2c1Cl. The molecule has 0 bridgehead atoms. The number of halogens is 2. The molecule has 1 fully saturated rings. The summed E-state index contributed by atoms with van der Waals surface area (Å²) in [5.74, 6) is 0.142. The second-order valence-corrected chi connectivity index (χ2v) is 8.45. The van der Waals surface area contributed by atoms with Gasteiger partial charge in [0.25, 0.3) is 5.91 Å². The van der Waals surface area contributed by atoms with Crippen LogP contribution in [0.2, 0.25) is 5.02 Å². The predicted octanol–water partition coefficient (Wildman–Crippen LogP) is 4.33. The van der Waals surface area contributed by atoms with E-state index in [4.69, 9.17) is 21.1 Å². The van der Waals surface area contributed by atoms with E-state index in [2.05, 4.69) is 10.2 Å². The van der Waals surface area contributed by atoms with Gasteiger partial charge in [-0.05, 0) is 35.9 Å². The topological polar surface area (TPSA) is 50.8 Å². The molecule has 3 aromatic rings. The molecule has 2 heterocycles. The average Bonchev–Trinajstić information content (AvgIpc) is 3.09. The molecular weight excluding hydrogens is 427 g/mol. The Morgan fingerprint density at radius 1 is 1.23 bits per heavy atom. The van der Waals surface area contributed by atoms with Crippen LogP contribution < -0.4 is 10.1 Å². The van der Waals surface area contributed by atoms with Crippen molar-refractivity contribution in [2.45, 2.75) is 6.54 Å². The van der Waals surface area contributed by atoms with Crippen molar-refractivity contribution in [3.05, 3.63) is 63.7 Å². The second-order valence-electron chi connectivity index (χ2n) is 7.02. The molecule has 2 aromatic carbocycles. The standard InChI is InChI=1S/C22H22ClFN2O3S/c23-20-18-5-4-16(24)13-19(18)30-21(20)22(27)25-14-15-2-1-3-17(12-15)29-11-8-26-6-9-28-10-7-26/h1-5,12-13H,6-11,14H2,(H,25,27). The van der Waals surface area contributed by atoms with Crippen LogP contribution in [0.4, 0.5) is 4.39 Å². The highest BCUT2D eigenvalue weighted by Gasteiger charge is 2.17. The Balaban J connectivity index is 1.33. The first-order valence-corrected chi connectivity index (χ1v) is 11.0. The molecule has 30 heavy (non-hydrogen) atoms. The van der Waals surface area contributed by atoms with E-state index in [1.165, 1.54) is 23.5 Å². The summed E-state index contributed by atoms with van der Waals surface area (Å²) in [6, 6.07) is 12.0. The first-order valence-electron chi connectivity index (χ1n) is 9.78. The van der Waals surface area contributed by atoms with Crippen LogP contribution >= 0.6 is 22.9 Å². The molecule has 1 amide bonds. The van der Waals surface area contributed by atoms with Gasteiger partial charge in [-0.3, -0.25) is 9.69 Å². The summed E-state index contributed by atoms with van der Waals surface area (Å²) in [5.41, 5.74) is 0.926. The van der Waals surface area contributed by atoms with Crippen LogP contribution in [0.15, 0.2) is 42.5 Å². The first-order chi connectivity index (χ1) is 14.6. The van der Waals surface area contributed by atoms with Gasteiger partial charge in [0.2, 0.25) is 0 Å². The van der Waals surface area contributed by atoms with E-state index in [1.54, 1.807) is 6.07 Å². The molecule has 0 radical (unpaired) electrons. The van der Waals surface area contributed by atoms with E-state index < -0.39 is 0 Å². The summed E-state index contributed by atoms with van der Waals surface area (Å²) in [4.78, 5) is 15.3. The van der Waals surface area contributed by atoms with Crippen molar-refractivity contribution in [1.82, 2.24) is 10.2 Å². The lowest BCUT2D eigenvalue weighted by atomic mass is 10.2. The monoisotopic (exact) mass is 448 g/mol. The lowest BCUT2D eigenvalue weighted by Crippen LogP contribution is -2.38. The molecule has 1 saturated heterocycles. The molecule has 1 aromatic heterocycles. The zero-order valence-electron chi connectivity index (χ0n) is 16.3. The Morgan fingerprint density at radius 2 is 2.07 bits per heavy atom. The lowest BCUT2D eigenvalue weighted by Gasteiger charge is -2.26. The Kier molecular flexibility index (Phi) is 6.84. The van der Waals surface area contributed by atoms with Crippen LogP contribution in [-0.2, 0) is 11.3 Å². The van der Waals surface area contributed by atoms with Crippen LogP contribution in [0.5, 0.6) is 5.75 Å². The Bertz CT molecular complexity index is 1040. The maximum absolute atomic E-state index is 13.4. The zero-order valence-corrected chi connectivity index (χ0v) is 17.9. The average molecular weight is 449 g/mol. The van der Waals surface area contributed by atoms with Crippen LogP contribution in [0.25, 0.3) is 10.1 Å². The number of nitrogens with zero attached hydrogens (tertiary/aromatic N) is 1. The molecule has 158 valence electrons. The number of nitrogens with one attached hydrogen (secondary N) is 1. The Hall–Kier alpha value is -2.19. The van der Waals surface area contributed by atoms with Gasteiger partial charge in [-0.25, -0.2) is 4.39 Å². The van der Waals surface area contributed by atoms with Crippen molar-refractivity contribution in [1.29, 1.82) is 0 Å². The van der Waals surface area contributed by atoms with Crippen LogP contribution in [0.3, 0.4) is 0 Å². The van der Waals surface area contributed by atoms with E-state index in [0.717, 1.165) is 44.2 Å². The molecule has 5 nitrogen and oxygen atoms in total. The van der Waals surface area contributed by atoms with Gasteiger partial charge in [-0.15, -0.1) is 11.3 Å². The normalized spacial score (nSPS) is 14.7. The fourth-order valence-corrected chi connectivity index (χ4v) is 4.77. The molecule has 1 N–H and O–H groups in total. The number of carbonyl (C=O) groups is 1. The molecule has 0 spiro atoms. The highest BCUT2D eigenvalue weighted by atomic mass is 35.5. The molecule has 0 unspecified atom stereocenters. The molecule has 0 atom stereocenters. The number of ether oxygens (including phenoxy) is 2. The van der Waals surface area contributed by atoms with Crippen molar-refractivity contribution < 1.29 is 18.7 Å². The summed E-state index contributed by atoms with van der Waals surface area (Å²) in [6.07, 6.45) is 0. The maximum Gasteiger partial charge on any atom is 0.263 e. The fourth-order valence-electron chi connectivity index (χ4n) is 3.31. The zero-order chi connectivity index (χ0) is 20.9. The predicted molar refractivity (Wildman–Crippen MR) is 117 cm³/mol. The maximum atomic E-state index is 13.4. The van der Waals surface area contributed by atoms with Gasteiger partial charge in [0.1, 0.15) is 23.1 Å². The third-order valence-corrected chi connectivity index (χ3v) is 6.59. The summed E-state index contributed by atoms with van der Waals surface area (Å²) in [7, 11) is 0. The second kappa shape index (κ2) is 9.75. The van der Waals surface area contributed by atoms with Gasteiger partial charge in [-0.2, -0.15) is 0 Å². The molecule has 0 aliphatic carbocycles. The minimum absolute atomic E-state index is 0.278. The molecule has 4 rings (SSSR count). The largest absolute Gasteiger partial charge is 0.492 e. The van der Waals surface area contributed by atoms with Crippen molar-refractivity contribution in [3.63, 3.8) is 0 Å². The first kappa shape index (κ1) is 21.1. The number of amides is 1. The number of rotatable bonds is 7. The Morgan fingerprint density at radius 3 is 2.90 bits per heavy atom. The van der Waals surface area contributed by atoms with Crippen LogP contribution in [-0.4, -0.2) is 50.3 Å². The van der Waals surface area contributed by atoms with Gasteiger partial charge >= 0.3 is 0 Å². The minimum Gasteiger partial charge on any atom is -0.492 e. The number of fused-ring (bicyclic) bond motifs is 1. The van der Waals surface area contributed by atoms with Crippen LogP contribution in [0, 0.1) is 5.82 Å². The van der Waals surface area contributed by atoms with E-state index in [9.17, 15) is 9.18 Å². The summed E-state index contributed by atoms with van der Waals surface area (Å²) >= 11 is 7.51. The highest BCUT2D eigenvalue weighted by Crippen LogP contribution is 2.35. The van der Waals surface area contributed by atoms with Gasteiger partial charge in [0.15, 0.2) is 0 Å². The quantitative estimate of drug-likeness (QED) is 0.584. The van der Waals surface area contributed by atoms with Crippen molar-refractivity contribution in [2.24, 2.45) is 0 Å². The lowest BCUT2D eigenvalue weighted by molar-refractivity contribution is 0.0322. The van der Waals surface area contributed by atoms with Crippen LogP contribution in [0.1, 0.15) is 15.2 Å². The van der Waals surface area contributed by atoms with E-state index in [-0.39, 0.29) is 11.7 Å². The molecule has 0 saturated carbocycles. The minimum atomic E-state index is -0.349. The fraction of sp³-hybridized carbons (Fsp3) is 0.318. The molecule has 1 aliphatic rings. The molecule has 8 heteroatoms. The molecule has 1 aliphatic heterocycles. The van der Waals surface area contributed by atoms with Crippen molar-refractivity contribution in [2.75, 3.05) is 39.5 Å². The number of hydrogen-bond acceptors (Lipinski definition) is 5. The summed E-state index contributed by atoms with van der Waals surface area (Å²) in [5, 5.41) is 3.92. The smallest absolute Gasteiger partial charge is 0.263 e. The summed E-state index contributed by atoms with van der Waals surface area (Å²) < 4.78 is 25.3. The van der Waals surface area contributed by atoms with Gasteiger partial charge in [0, 0.05) is 36.3 Å². The third kappa shape index (κ3) is 5.10. The summed E-state index contributed by atoms with van der Waals surface area (Å²) in [6.45, 7) is 5.21. The Labute approximate surface area is 183 Å². The van der Waals surface area contributed by atoms with Gasteiger partial charge in [0.05, 0.1) is 18.2 Å². The van der Waals surface area contributed by atoms with Gasteiger partial charge in [-0.1, -0.05) is 23.7 Å². The van der Waals surface area contributed by atoms with E-state index >= 15 is 0 Å². The number of hydrogen-bond donors (Lipinski definition) is 1. The van der Waals surface area contributed by atoms with Crippen molar-refractivity contribution >= 4 is 38.9 Å². The third-order valence-electron chi connectivity index (χ3n) is 4.93. The number of carbonyl (C=O) groups excluding carboxylic acids is 1. The number of thiophene rings is 1. The van der Waals surface area contributed by atoms with E-state index in [0.29, 0.717) is 33.1 Å². The van der Waals surface area contributed by atoms with Crippen molar-refractivity contribution in [3.8, 4) is 5.75 Å². The number of benzene rings is 2. The van der Waals surface area contributed by atoms with Gasteiger partial charge < -0.3 is 14.8 Å². The highest BCUT2D eigenvalue weighted by molar-refractivity contribution is 7.21.